The normalized spacial score (nSPS) is 41.8. The average molecular weight is 547 g/mol. The first kappa shape index (κ1) is 27.8. The second-order valence-corrected chi connectivity index (χ2v) is 12.9. The van der Waals surface area contributed by atoms with E-state index in [2.05, 4.69) is 0 Å². The van der Waals surface area contributed by atoms with Crippen LogP contribution in [0.5, 0.6) is 0 Å². The summed E-state index contributed by atoms with van der Waals surface area (Å²) in [5.41, 5.74) is -4.89. The van der Waals surface area contributed by atoms with Crippen LogP contribution in [0.15, 0.2) is 23.0 Å². The van der Waals surface area contributed by atoms with Crippen molar-refractivity contribution in [1.29, 1.82) is 0 Å². The van der Waals surface area contributed by atoms with Crippen molar-refractivity contribution in [2.75, 3.05) is 7.11 Å². The van der Waals surface area contributed by atoms with Crippen LogP contribution < -0.4 is 0 Å². The van der Waals surface area contributed by atoms with Gasteiger partial charge in [-0.1, -0.05) is 13.8 Å². The lowest BCUT2D eigenvalue weighted by molar-refractivity contribution is -0.240. The lowest BCUT2D eigenvalue weighted by Gasteiger charge is -2.66. The van der Waals surface area contributed by atoms with Gasteiger partial charge >= 0.3 is 17.9 Å². The Bertz CT molecular complexity index is 1200. The average Bonchev–Trinajstić information content (AvgIpc) is 3.42. The van der Waals surface area contributed by atoms with E-state index in [4.69, 9.17) is 23.4 Å². The molecule has 1 aromatic rings. The lowest BCUT2D eigenvalue weighted by Crippen LogP contribution is -2.73. The second-order valence-electron chi connectivity index (χ2n) is 12.9. The molecule has 39 heavy (non-hydrogen) atoms. The maximum atomic E-state index is 14.4. The van der Waals surface area contributed by atoms with Crippen LogP contribution in [0.2, 0.25) is 0 Å². The Balaban J connectivity index is 1.70. The molecule has 1 N–H and O–H groups in total. The Labute approximate surface area is 227 Å². The van der Waals surface area contributed by atoms with Gasteiger partial charge in [-0.05, 0) is 45.6 Å². The fourth-order valence-electron chi connectivity index (χ4n) is 8.94. The molecule has 1 aromatic heterocycles. The molecular formula is C29H38O10. The smallest absolute Gasteiger partial charge is 0.339 e. The third kappa shape index (κ3) is 3.53. The Morgan fingerprint density at radius 2 is 1.90 bits per heavy atom. The van der Waals surface area contributed by atoms with E-state index >= 15 is 0 Å². The van der Waals surface area contributed by atoms with Crippen LogP contribution in [0.1, 0.15) is 78.9 Å². The van der Waals surface area contributed by atoms with Crippen LogP contribution in [0.25, 0.3) is 0 Å². The van der Waals surface area contributed by atoms with Gasteiger partial charge in [-0.15, -0.1) is 0 Å². The number of cyclic esters (lactones) is 1. The molecule has 2 saturated carbocycles. The maximum Gasteiger partial charge on any atom is 0.339 e. The van der Waals surface area contributed by atoms with Crippen LogP contribution >= 0.6 is 0 Å². The molecule has 0 bridgehead atoms. The lowest BCUT2D eigenvalue weighted by atomic mass is 9.37. The highest BCUT2D eigenvalue weighted by Crippen LogP contribution is 2.78. The van der Waals surface area contributed by atoms with E-state index in [0.717, 1.165) is 0 Å². The summed E-state index contributed by atoms with van der Waals surface area (Å²) in [6, 6.07) is 1.75. The first-order chi connectivity index (χ1) is 18.1. The van der Waals surface area contributed by atoms with Gasteiger partial charge in [0.05, 0.1) is 37.1 Å². The fourth-order valence-corrected chi connectivity index (χ4v) is 8.94. The summed E-state index contributed by atoms with van der Waals surface area (Å²) < 4.78 is 28.3. The minimum Gasteiger partial charge on any atom is -0.472 e. The number of furan rings is 1. The molecule has 0 amide bonds. The van der Waals surface area contributed by atoms with Crippen LogP contribution in [0.4, 0.5) is 0 Å². The molecule has 2 saturated heterocycles. The molecule has 2 aliphatic carbocycles. The van der Waals surface area contributed by atoms with E-state index in [1.165, 1.54) is 26.6 Å². The van der Waals surface area contributed by atoms with Crippen molar-refractivity contribution in [1.82, 2.24) is 0 Å². The molecule has 4 aliphatic rings. The zero-order chi connectivity index (χ0) is 28.8. The standard InChI is InChI=1S/C29H38O10/c1-15(30)37-20(13-21(32)35-7)27(5)17-8-10-26(4)22(16-9-11-36-14-16)38-24(33)23-29(26,39-23)28(17,6)19(31)12-18(27)25(2,3)34/h9,11,14,17-18,20,22-23,34H,8,10,12-13H2,1-7H3/t17-,18+,20?,22+,23-,26+,27-,28+,29-/m1/s1. The third-order valence-electron chi connectivity index (χ3n) is 10.7. The van der Waals surface area contributed by atoms with Crippen molar-refractivity contribution in [3.05, 3.63) is 24.2 Å². The van der Waals surface area contributed by atoms with Crippen LogP contribution in [0.3, 0.4) is 0 Å². The van der Waals surface area contributed by atoms with Gasteiger partial charge in [-0.2, -0.15) is 0 Å². The number of methoxy groups -OCH3 is 1. The number of fused-ring (bicyclic) bond motifs is 1. The zero-order valence-corrected chi connectivity index (χ0v) is 23.6. The van der Waals surface area contributed by atoms with E-state index in [9.17, 15) is 24.3 Å². The SMILES string of the molecule is COC(=O)CC(OC(C)=O)[C@]1(C)[C@H]2CC[C@@]3(C)[C@H](c4ccoc4)OC(=O)[C@H]4O[C@]43[C@]2(C)C(=O)C[C@H]1C(C)(C)O. The first-order valence-corrected chi connectivity index (χ1v) is 13.5. The summed E-state index contributed by atoms with van der Waals surface area (Å²) in [5.74, 6) is -3.00. The number of ether oxygens (including phenoxy) is 4. The van der Waals surface area contributed by atoms with Gasteiger partial charge in [0.2, 0.25) is 0 Å². The third-order valence-corrected chi connectivity index (χ3v) is 10.7. The molecule has 214 valence electrons. The van der Waals surface area contributed by atoms with Gasteiger partial charge in [0.15, 0.2) is 6.10 Å². The Morgan fingerprint density at radius 3 is 2.46 bits per heavy atom. The topological polar surface area (TPSA) is 142 Å². The minimum absolute atomic E-state index is 0.0503. The van der Waals surface area contributed by atoms with Crippen molar-refractivity contribution in [3.63, 3.8) is 0 Å². The summed E-state index contributed by atoms with van der Waals surface area (Å²) in [6.45, 7) is 10.2. The monoisotopic (exact) mass is 546 g/mol. The number of epoxide rings is 1. The highest BCUT2D eigenvalue weighted by Gasteiger charge is 2.88. The van der Waals surface area contributed by atoms with Crippen LogP contribution in [0, 0.1) is 28.1 Å². The molecule has 10 heteroatoms. The van der Waals surface area contributed by atoms with Gasteiger partial charge in [0, 0.05) is 35.7 Å². The van der Waals surface area contributed by atoms with Crippen molar-refractivity contribution >= 4 is 23.7 Å². The highest BCUT2D eigenvalue weighted by atomic mass is 16.7. The molecular weight excluding hydrogens is 508 g/mol. The summed E-state index contributed by atoms with van der Waals surface area (Å²) >= 11 is 0. The van der Waals surface area contributed by atoms with E-state index in [0.29, 0.717) is 18.4 Å². The fraction of sp³-hybridized carbons (Fsp3) is 0.724. The number of carbonyl (C=O) groups excluding carboxylic acids is 4. The van der Waals surface area contributed by atoms with Gasteiger partial charge in [0.1, 0.15) is 23.6 Å². The van der Waals surface area contributed by atoms with Gasteiger partial charge in [-0.3, -0.25) is 14.4 Å². The zero-order valence-electron chi connectivity index (χ0n) is 23.6. The molecule has 0 radical (unpaired) electrons. The largest absolute Gasteiger partial charge is 0.472 e. The molecule has 3 heterocycles. The molecule has 2 aliphatic heterocycles. The highest BCUT2D eigenvalue weighted by molar-refractivity contribution is 5.93. The summed E-state index contributed by atoms with van der Waals surface area (Å²) in [7, 11) is 1.26. The van der Waals surface area contributed by atoms with Crippen molar-refractivity contribution in [2.45, 2.75) is 96.7 Å². The number of aliphatic hydroxyl groups is 1. The number of carbonyl (C=O) groups is 4. The number of Topliss-reactive ketones (excluding diaryl/α,β-unsaturated/α-hetero) is 1. The predicted octanol–water partition coefficient (Wildman–Crippen LogP) is 3.30. The van der Waals surface area contributed by atoms with Gasteiger partial charge in [-0.25, -0.2) is 4.79 Å². The maximum absolute atomic E-state index is 14.4. The van der Waals surface area contributed by atoms with Crippen molar-refractivity contribution in [3.8, 4) is 0 Å². The Kier molecular flexibility index (Phi) is 6.16. The second kappa shape index (κ2) is 8.64. The predicted molar refractivity (Wildman–Crippen MR) is 134 cm³/mol. The molecule has 1 unspecified atom stereocenters. The quantitative estimate of drug-likeness (QED) is 0.321. The summed E-state index contributed by atoms with van der Waals surface area (Å²) in [5, 5.41) is 11.4. The van der Waals surface area contributed by atoms with E-state index in [1.807, 2.05) is 20.8 Å². The molecule has 1 spiro atoms. The van der Waals surface area contributed by atoms with Crippen LogP contribution in [-0.2, 0) is 38.1 Å². The Morgan fingerprint density at radius 1 is 1.21 bits per heavy atom. The number of rotatable bonds is 6. The van der Waals surface area contributed by atoms with E-state index in [-0.39, 0.29) is 18.6 Å². The van der Waals surface area contributed by atoms with Gasteiger partial charge < -0.3 is 28.5 Å². The van der Waals surface area contributed by atoms with Crippen molar-refractivity contribution < 1.29 is 47.6 Å². The molecule has 0 aromatic carbocycles. The van der Waals surface area contributed by atoms with Crippen LogP contribution in [-0.4, -0.2) is 59.3 Å². The van der Waals surface area contributed by atoms with Gasteiger partial charge in [0.25, 0.3) is 0 Å². The summed E-state index contributed by atoms with van der Waals surface area (Å²) in [6.07, 6.45) is 1.14. The molecule has 10 nitrogen and oxygen atoms in total. The molecule has 9 atom stereocenters. The van der Waals surface area contributed by atoms with E-state index in [1.54, 1.807) is 19.9 Å². The first-order valence-electron chi connectivity index (χ1n) is 13.5. The molecule has 5 rings (SSSR count). The van der Waals surface area contributed by atoms with E-state index < -0.39 is 75.5 Å². The van der Waals surface area contributed by atoms with Crippen molar-refractivity contribution in [2.24, 2.45) is 28.1 Å². The Hall–Kier alpha value is -2.72. The number of esters is 3. The number of hydrogen-bond acceptors (Lipinski definition) is 10. The molecule has 4 fully saturated rings. The minimum atomic E-state index is -1.35. The number of hydrogen-bond donors (Lipinski definition) is 1. The number of ketones is 1. The summed E-state index contributed by atoms with van der Waals surface area (Å²) in [4.78, 5) is 52.5.